The molecule has 0 radical (unpaired) electrons. The van der Waals surface area contributed by atoms with Crippen molar-refractivity contribution in [3.05, 3.63) is 89.5 Å². The predicted octanol–water partition coefficient (Wildman–Crippen LogP) is 5.62. The van der Waals surface area contributed by atoms with Crippen molar-refractivity contribution >= 4 is 29.8 Å². The van der Waals surface area contributed by atoms with Crippen LogP contribution in [-0.4, -0.2) is 56.0 Å². The van der Waals surface area contributed by atoms with Crippen LogP contribution in [0.15, 0.2) is 72.8 Å². The van der Waals surface area contributed by atoms with Crippen LogP contribution in [0.25, 0.3) is 11.1 Å². The highest BCUT2D eigenvalue weighted by atomic mass is 16.6. The lowest BCUT2D eigenvalue weighted by Gasteiger charge is -2.21. The van der Waals surface area contributed by atoms with Gasteiger partial charge >= 0.3 is 18.2 Å². The molecule has 3 aromatic rings. The first kappa shape index (κ1) is 31.1. The molecular formula is C33H37N3O7. The summed E-state index contributed by atoms with van der Waals surface area (Å²) in [6.45, 7) is 5.61. The second kappa shape index (κ2) is 13.9. The number of hydrogen-bond donors (Lipinski definition) is 3. The fourth-order valence-corrected chi connectivity index (χ4v) is 4.93. The SMILES string of the molecule is COC(=O)c1cccc(NC(=O)C(CCCNC(=O)OC(C)(C)C)NC(=O)OCC2c3ccccc3-c3ccccc32)c1. The van der Waals surface area contributed by atoms with Gasteiger partial charge in [0.1, 0.15) is 18.2 Å². The van der Waals surface area contributed by atoms with E-state index < -0.39 is 35.7 Å². The van der Waals surface area contributed by atoms with Crippen LogP contribution in [0.3, 0.4) is 0 Å². The quantitative estimate of drug-likeness (QED) is 0.159. The molecule has 1 aliphatic rings. The molecule has 0 bridgehead atoms. The van der Waals surface area contributed by atoms with Crippen molar-refractivity contribution in [1.82, 2.24) is 10.6 Å². The molecule has 0 aromatic heterocycles. The molecular weight excluding hydrogens is 550 g/mol. The number of amides is 3. The number of alkyl carbamates (subject to hydrolysis) is 2. The maximum atomic E-state index is 13.3. The Morgan fingerprint density at radius 2 is 1.51 bits per heavy atom. The molecule has 4 rings (SSSR count). The summed E-state index contributed by atoms with van der Waals surface area (Å²) in [6.07, 6.45) is -0.755. The zero-order valence-corrected chi connectivity index (χ0v) is 24.8. The largest absolute Gasteiger partial charge is 0.465 e. The molecule has 1 atom stereocenters. The van der Waals surface area contributed by atoms with Gasteiger partial charge in [-0.25, -0.2) is 14.4 Å². The van der Waals surface area contributed by atoms with Crippen LogP contribution in [0.1, 0.15) is 61.0 Å². The van der Waals surface area contributed by atoms with Crippen LogP contribution in [0.4, 0.5) is 15.3 Å². The Morgan fingerprint density at radius 3 is 2.14 bits per heavy atom. The van der Waals surface area contributed by atoms with E-state index in [0.29, 0.717) is 12.1 Å². The zero-order chi connectivity index (χ0) is 31.0. The summed E-state index contributed by atoms with van der Waals surface area (Å²) in [5.41, 5.74) is 4.35. The number of fused-ring (bicyclic) bond motifs is 3. The average Bonchev–Trinajstić information content (AvgIpc) is 3.30. The number of benzene rings is 3. The number of anilines is 1. The van der Waals surface area contributed by atoms with Gasteiger partial charge in [0.2, 0.25) is 5.91 Å². The van der Waals surface area contributed by atoms with Gasteiger partial charge in [0.25, 0.3) is 0 Å². The summed E-state index contributed by atoms with van der Waals surface area (Å²) >= 11 is 0. The van der Waals surface area contributed by atoms with Crippen molar-refractivity contribution in [3.63, 3.8) is 0 Å². The van der Waals surface area contributed by atoms with E-state index in [1.165, 1.54) is 13.2 Å². The first-order chi connectivity index (χ1) is 20.6. The van der Waals surface area contributed by atoms with Crippen LogP contribution in [0.2, 0.25) is 0 Å². The van der Waals surface area contributed by atoms with E-state index in [4.69, 9.17) is 14.2 Å². The molecule has 3 amide bonds. The Morgan fingerprint density at radius 1 is 0.860 bits per heavy atom. The lowest BCUT2D eigenvalue weighted by Crippen LogP contribution is -2.44. The Bertz CT molecular complexity index is 1440. The van der Waals surface area contributed by atoms with Crippen molar-refractivity contribution in [3.8, 4) is 11.1 Å². The fraction of sp³-hybridized carbons (Fsp3) is 0.333. The number of ether oxygens (including phenoxy) is 3. The Hall–Kier alpha value is -4.86. The molecule has 226 valence electrons. The lowest BCUT2D eigenvalue weighted by atomic mass is 9.98. The first-order valence-corrected chi connectivity index (χ1v) is 14.1. The van der Waals surface area contributed by atoms with Gasteiger partial charge in [-0.05, 0) is 74.1 Å². The fourth-order valence-electron chi connectivity index (χ4n) is 4.93. The first-order valence-electron chi connectivity index (χ1n) is 14.1. The van der Waals surface area contributed by atoms with Gasteiger partial charge in [-0.3, -0.25) is 4.79 Å². The second-order valence-electron chi connectivity index (χ2n) is 11.2. The van der Waals surface area contributed by atoms with E-state index in [1.807, 2.05) is 36.4 Å². The van der Waals surface area contributed by atoms with Gasteiger partial charge in [-0.2, -0.15) is 0 Å². The highest BCUT2D eigenvalue weighted by Crippen LogP contribution is 2.44. The summed E-state index contributed by atoms with van der Waals surface area (Å²) in [7, 11) is 1.27. The van der Waals surface area contributed by atoms with Crippen LogP contribution in [-0.2, 0) is 19.0 Å². The van der Waals surface area contributed by atoms with Crippen molar-refractivity contribution in [1.29, 1.82) is 0 Å². The van der Waals surface area contributed by atoms with Gasteiger partial charge in [0.05, 0.1) is 12.7 Å². The average molecular weight is 588 g/mol. The van der Waals surface area contributed by atoms with E-state index in [1.54, 1.807) is 39.0 Å². The monoisotopic (exact) mass is 587 g/mol. The van der Waals surface area contributed by atoms with E-state index >= 15 is 0 Å². The second-order valence-corrected chi connectivity index (χ2v) is 11.2. The predicted molar refractivity (Wildman–Crippen MR) is 162 cm³/mol. The third kappa shape index (κ3) is 8.34. The number of nitrogens with one attached hydrogen (secondary N) is 3. The molecule has 1 unspecified atom stereocenters. The normalized spacial score (nSPS) is 12.7. The number of hydrogen-bond acceptors (Lipinski definition) is 7. The van der Waals surface area contributed by atoms with Gasteiger partial charge in [0, 0.05) is 18.2 Å². The van der Waals surface area contributed by atoms with Gasteiger partial charge in [0.15, 0.2) is 0 Å². The molecule has 1 aliphatic carbocycles. The highest BCUT2D eigenvalue weighted by molar-refractivity contribution is 5.98. The Balaban J connectivity index is 1.41. The molecule has 0 spiro atoms. The molecule has 0 heterocycles. The van der Waals surface area contributed by atoms with E-state index in [-0.39, 0.29) is 31.1 Å². The maximum Gasteiger partial charge on any atom is 0.407 e. The summed E-state index contributed by atoms with van der Waals surface area (Å²) in [5, 5.41) is 8.07. The van der Waals surface area contributed by atoms with Crippen molar-refractivity contribution in [2.75, 3.05) is 25.6 Å². The Kier molecular flexibility index (Phi) is 10.0. The summed E-state index contributed by atoms with van der Waals surface area (Å²) in [5.74, 6) is -1.19. The topological polar surface area (TPSA) is 132 Å². The smallest absolute Gasteiger partial charge is 0.407 e. The highest BCUT2D eigenvalue weighted by Gasteiger charge is 2.30. The number of carbonyl (C=O) groups is 4. The van der Waals surface area contributed by atoms with Crippen LogP contribution < -0.4 is 16.0 Å². The molecule has 0 saturated carbocycles. The summed E-state index contributed by atoms with van der Waals surface area (Å²) < 4.78 is 15.7. The minimum Gasteiger partial charge on any atom is -0.465 e. The van der Waals surface area contributed by atoms with Gasteiger partial charge < -0.3 is 30.2 Å². The van der Waals surface area contributed by atoms with Crippen molar-refractivity contribution < 1.29 is 33.4 Å². The summed E-state index contributed by atoms with van der Waals surface area (Å²) in [4.78, 5) is 50.2. The number of carbonyl (C=O) groups excluding carboxylic acids is 4. The molecule has 10 nitrogen and oxygen atoms in total. The lowest BCUT2D eigenvalue weighted by molar-refractivity contribution is -0.118. The van der Waals surface area contributed by atoms with Crippen molar-refractivity contribution in [2.45, 2.75) is 51.2 Å². The molecule has 0 saturated heterocycles. The minimum absolute atomic E-state index is 0.0928. The van der Waals surface area contributed by atoms with E-state index in [9.17, 15) is 19.2 Å². The third-order valence-electron chi connectivity index (χ3n) is 6.84. The van der Waals surface area contributed by atoms with E-state index in [0.717, 1.165) is 22.3 Å². The van der Waals surface area contributed by atoms with E-state index in [2.05, 4.69) is 28.1 Å². The minimum atomic E-state index is -0.988. The van der Waals surface area contributed by atoms with Gasteiger partial charge in [-0.1, -0.05) is 54.6 Å². The maximum absolute atomic E-state index is 13.3. The van der Waals surface area contributed by atoms with Crippen LogP contribution in [0, 0.1) is 0 Å². The Labute approximate surface area is 251 Å². The molecule has 3 aromatic carbocycles. The molecule has 0 aliphatic heterocycles. The van der Waals surface area contributed by atoms with Crippen LogP contribution >= 0.6 is 0 Å². The summed E-state index contributed by atoms with van der Waals surface area (Å²) in [6, 6.07) is 21.3. The standard InChI is InChI=1S/C33H37N3O7/c1-33(2,3)43-31(39)34-18-10-17-28(29(37)35-22-12-9-11-21(19-22)30(38)41-4)36-32(40)42-20-27-25-15-7-5-13-23(25)24-14-6-8-16-26(24)27/h5-9,11-16,19,27-28H,10,17-18,20H2,1-4H3,(H,34,39)(H,35,37)(H,36,40). The number of methoxy groups -OCH3 is 1. The van der Waals surface area contributed by atoms with Crippen molar-refractivity contribution in [2.24, 2.45) is 0 Å². The number of rotatable bonds is 10. The number of esters is 1. The van der Waals surface area contributed by atoms with Gasteiger partial charge in [-0.15, -0.1) is 0 Å². The zero-order valence-electron chi connectivity index (χ0n) is 24.8. The molecule has 10 heteroatoms. The molecule has 43 heavy (non-hydrogen) atoms. The molecule has 0 fully saturated rings. The van der Waals surface area contributed by atoms with Crippen LogP contribution in [0.5, 0.6) is 0 Å². The molecule has 3 N–H and O–H groups in total. The third-order valence-corrected chi connectivity index (χ3v) is 6.84.